The van der Waals surface area contributed by atoms with Crippen LogP contribution in [0.5, 0.6) is 0 Å². The summed E-state index contributed by atoms with van der Waals surface area (Å²) in [6, 6.07) is 0. The van der Waals surface area contributed by atoms with Crippen molar-refractivity contribution in [3.05, 3.63) is 0 Å². The van der Waals surface area contributed by atoms with Crippen LogP contribution in [0.25, 0.3) is 0 Å². The Morgan fingerprint density at radius 2 is 1.22 bits per heavy atom. The normalized spacial score (nSPS) is 73.6. The lowest BCUT2D eigenvalue weighted by Crippen LogP contribution is -2.64. The molecule has 92 valence electrons. The smallest absolute Gasteiger partial charge is 0.144 e. The van der Waals surface area contributed by atoms with Gasteiger partial charge in [0, 0.05) is 22.7 Å². The van der Waals surface area contributed by atoms with E-state index in [9.17, 15) is 9.59 Å². The standard InChI is InChI=1S/C16H16O2/c17-12-6-7-9-11-10(8(6)14(9)4-5-14)15(12)2-1-3-16(11,15)13(7)18/h6-11H,1-5H2/t6-,7+,8-,9+,10?,11?,15?,16?. The third-order valence-electron chi connectivity index (χ3n) is 9.04. The van der Waals surface area contributed by atoms with Crippen molar-refractivity contribution in [2.75, 3.05) is 0 Å². The monoisotopic (exact) mass is 240 g/mol. The first-order valence-electron chi connectivity index (χ1n) is 7.80. The molecule has 0 aliphatic heterocycles. The highest BCUT2D eigenvalue weighted by molar-refractivity contribution is 6.12. The Kier molecular flexibility index (Phi) is 0.845. The number of Topliss-reactive ketones (excluding diaryl/α,β-unsaturated/α-hetero) is 2. The summed E-state index contributed by atoms with van der Waals surface area (Å²) in [4.78, 5) is 26.0. The zero-order chi connectivity index (χ0) is 11.7. The minimum Gasteiger partial charge on any atom is -0.299 e. The van der Waals surface area contributed by atoms with E-state index in [2.05, 4.69) is 0 Å². The minimum absolute atomic E-state index is 0.0958. The number of hydrogen-bond acceptors (Lipinski definition) is 2. The molecule has 2 heteroatoms. The predicted octanol–water partition coefficient (Wildman–Crippen LogP) is 1.83. The lowest BCUT2D eigenvalue weighted by molar-refractivity contribution is -0.180. The van der Waals surface area contributed by atoms with E-state index in [0.717, 1.165) is 19.3 Å². The van der Waals surface area contributed by atoms with Crippen LogP contribution in [0.1, 0.15) is 32.1 Å². The van der Waals surface area contributed by atoms with E-state index >= 15 is 0 Å². The van der Waals surface area contributed by atoms with Crippen LogP contribution in [-0.4, -0.2) is 11.6 Å². The van der Waals surface area contributed by atoms with E-state index in [-0.39, 0.29) is 22.7 Å². The SMILES string of the molecule is O=C1[C@H]2[C@H]3C(=O)C45CCCC14C1C5[C@@H]3C3(CC3)[C@H]12. The van der Waals surface area contributed by atoms with Gasteiger partial charge in [-0.1, -0.05) is 6.42 Å². The van der Waals surface area contributed by atoms with Gasteiger partial charge >= 0.3 is 0 Å². The quantitative estimate of drug-likeness (QED) is 0.647. The van der Waals surface area contributed by atoms with Gasteiger partial charge in [0.2, 0.25) is 0 Å². The largest absolute Gasteiger partial charge is 0.299 e. The second kappa shape index (κ2) is 1.79. The lowest BCUT2D eigenvalue weighted by Gasteiger charge is -2.59. The summed E-state index contributed by atoms with van der Waals surface area (Å²) >= 11 is 0. The third kappa shape index (κ3) is 0.395. The van der Waals surface area contributed by atoms with E-state index in [4.69, 9.17) is 0 Å². The second-order valence-corrected chi connectivity index (χ2v) is 8.41. The summed E-state index contributed by atoms with van der Waals surface area (Å²) in [7, 11) is 0. The van der Waals surface area contributed by atoms with E-state index in [1.54, 1.807) is 0 Å². The molecule has 0 aromatic carbocycles. The van der Waals surface area contributed by atoms with Crippen molar-refractivity contribution in [3.8, 4) is 0 Å². The molecule has 4 unspecified atom stereocenters. The van der Waals surface area contributed by atoms with E-state index in [1.807, 2.05) is 0 Å². The Balaban J connectivity index is 1.68. The highest BCUT2D eigenvalue weighted by Crippen LogP contribution is 2.99. The molecule has 7 fully saturated rings. The van der Waals surface area contributed by atoms with Crippen molar-refractivity contribution in [2.45, 2.75) is 32.1 Å². The van der Waals surface area contributed by atoms with Crippen LogP contribution in [0.2, 0.25) is 0 Å². The van der Waals surface area contributed by atoms with Crippen molar-refractivity contribution in [3.63, 3.8) is 0 Å². The zero-order valence-corrected chi connectivity index (χ0v) is 10.3. The molecule has 2 nitrogen and oxygen atoms in total. The molecule has 7 saturated carbocycles. The average Bonchev–Trinajstić information content (AvgIpc) is 2.89. The molecule has 0 aromatic heterocycles. The van der Waals surface area contributed by atoms with E-state index in [0.29, 0.717) is 40.7 Å². The van der Waals surface area contributed by atoms with Gasteiger partial charge in [0.15, 0.2) is 0 Å². The second-order valence-electron chi connectivity index (χ2n) is 8.41. The number of carbonyl (C=O) groups excluding carboxylic acids is 2. The molecule has 2 bridgehead atoms. The first-order valence-corrected chi connectivity index (χ1v) is 7.80. The fraction of sp³-hybridized carbons (Fsp3) is 0.875. The number of carbonyl (C=O) groups is 2. The van der Waals surface area contributed by atoms with Crippen molar-refractivity contribution in [1.82, 2.24) is 0 Å². The summed E-state index contributed by atoms with van der Waals surface area (Å²) in [5.74, 6) is 4.27. The molecule has 0 N–H and O–H groups in total. The van der Waals surface area contributed by atoms with Gasteiger partial charge in [-0.2, -0.15) is 0 Å². The molecule has 0 saturated heterocycles. The Labute approximate surface area is 105 Å². The Morgan fingerprint density at radius 3 is 1.67 bits per heavy atom. The van der Waals surface area contributed by atoms with Crippen molar-refractivity contribution in [2.24, 2.45) is 51.8 Å². The Bertz CT molecular complexity index is 554. The van der Waals surface area contributed by atoms with Gasteiger partial charge in [-0.3, -0.25) is 9.59 Å². The summed E-state index contributed by atoms with van der Waals surface area (Å²) in [5.41, 5.74) is 0.316. The fourth-order valence-corrected chi connectivity index (χ4v) is 9.22. The first-order chi connectivity index (χ1) is 8.72. The molecule has 7 aliphatic rings. The van der Waals surface area contributed by atoms with Crippen LogP contribution in [0.3, 0.4) is 0 Å². The predicted molar refractivity (Wildman–Crippen MR) is 61.3 cm³/mol. The van der Waals surface area contributed by atoms with Crippen LogP contribution in [-0.2, 0) is 9.59 Å². The Morgan fingerprint density at radius 1 is 0.722 bits per heavy atom. The molecule has 7 rings (SSSR count). The molecular weight excluding hydrogens is 224 g/mol. The highest BCUT2D eigenvalue weighted by atomic mass is 16.2. The molecule has 0 heterocycles. The van der Waals surface area contributed by atoms with E-state index in [1.165, 1.54) is 12.8 Å². The van der Waals surface area contributed by atoms with Crippen molar-refractivity contribution < 1.29 is 9.59 Å². The molecular formula is C16H16O2. The van der Waals surface area contributed by atoms with Gasteiger partial charge in [0.1, 0.15) is 11.6 Å². The van der Waals surface area contributed by atoms with Gasteiger partial charge in [-0.15, -0.1) is 0 Å². The molecule has 7 aliphatic carbocycles. The van der Waals surface area contributed by atoms with Gasteiger partial charge in [0.25, 0.3) is 0 Å². The van der Waals surface area contributed by atoms with Crippen molar-refractivity contribution in [1.29, 1.82) is 0 Å². The van der Waals surface area contributed by atoms with Gasteiger partial charge in [-0.05, 0) is 54.8 Å². The minimum atomic E-state index is -0.0958. The van der Waals surface area contributed by atoms with Gasteiger partial charge in [0.05, 0.1) is 0 Å². The topological polar surface area (TPSA) is 34.1 Å². The van der Waals surface area contributed by atoms with Gasteiger partial charge in [-0.25, -0.2) is 0 Å². The molecule has 18 heavy (non-hydrogen) atoms. The third-order valence-corrected chi connectivity index (χ3v) is 9.04. The maximum Gasteiger partial charge on any atom is 0.144 e. The van der Waals surface area contributed by atoms with Crippen molar-refractivity contribution >= 4 is 11.6 Å². The zero-order valence-electron chi connectivity index (χ0n) is 10.3. The van der Waals surface area contributed by atoms with Crippen LogP contribution in [0, 0.1) is 51.8 Å². The summed E-state index contributed by atoms with van der Waals surface area (Å²) in [6.45, 7) is 0. The van der Waals surface area contributed by atoms with Crippen LogP contribution in [0.15, 0.2) is 0 Å². The molecule has 0 amide bonds. The number of fused-ring (bicyclic) bond motifs is 1. The van der Waals surface area contributed by atoms with Crippen LogP contribution < -0.4 is 0 Å². The molecule has 0 radical (unpaired) electrons. The number of rotatable bonds is 0. The summed E-state index contributed by atoms with van der Waals surface area (Å²) in [6.07, 6.45) is 5.98. The maximum absolute atomic E-state index is 13.0. The average molecular weight is 240 g/mol. The van der Waals surface area contributed by atoms with E-state index < -0.39 is 0 Å². The van der Waals surface area contributed by atoms with Crippen LogP contribution in [0.4, 0.5) is 0 Å². The summed E-state index contributed by atoms with van der Waals surface area (Å²) in [5, 5.41) is 0. The summed E-state index contributed by atoms with van der Waals surface area (Å²) < 4.78 is 0. The highest BCUT2D eigenvalue weighted by Gasteiger charge is 3.01. The Hall–Kier alpha value is -0.660. The molecule has 0 aromatic rings. The molecule has 8 atom stereocenters. The van der Waals surface area contributed by atoms with Gasteiger partial charge < -0.3 is 0 Å². The lowest BCUT2D eigenvalue weighted by atomic mass is 9.41. The number of hydrogen-bond donors (Lipinski definition) is 0. The fourth-order valence-electron chi connectivity index (χ4n) is 9.22. The maximum atomic E-state index is 13.0. The first kappa shape index (κ1) is 8.50. The molecule has 3 spiro atoms. The van der Waals surface area contributed by atoms with Crippen LogP contribution >= 0.6 is 0 Å². The number of ketones is 2.